The lowest BCUT2D eigenvalue weighted by atomic mass is 10.1. The Morgan fingerprint density at radius 2 is 2.05 bits per heavy atom. The van der Waals surface area contributed by atoms with Gasteiger partial charge in [0.25, 0.3) is 0 Å². The van der Waals surface area contributed by atoms with Crippen molar-refractivity contribution in [2.75, 3.05) is 6.54 Å². The first kappa shape index (κ1) is 15.3. The minimum Gasteiger partial charge on any atom is -0.364 e. The first-order chi connectivity index (χ1) is 9.58. The highest BCUT2D eigenvalue weighted by molar-refractivity contribution is 8.23. The fourth-order valence-corrected chi connectivity index (χ4v) is 3.81. The lowest BCUT2D eigenvalue weighted by Crippen LogP contribution is -2.34. The number of amides is 1. The van der Waals surface area contributed by atoms with Crippen molar-refractivity contribution in [3.63, 3.8) is 0 Å². The Bertz CT molecular complexity index is 478. The van der Waals surface area contributed by atoms with Gasteiger partial charge in [-0.05, 0) is 25.8 Å². The first-order valence-corrected chi connectivity index (χ1v) is 8.18. The molecule has 2 atom stereocenters. The third-order valence-corrected chi connectivity index (χ3v) is 4.79. The number of carbonyl (C=O) groups is 1. The van der Waals surface area contributed by atoms with Crippen molar-refractivity contribution in [2.45, 2.75) is 38.1 Å². The van der Waals surface area contributed by atoms with Crippen molar-refractivity contribution < 1.29 is 4.79 Å². The number of hydrogen-bond acceptors (Lipinski definition) is 3. The molecule has 1 N–H and O–H groups in total. The molecule has 2 unspecified atom stereocenters. The number of thioether (sulfide) groups is 1. The van der Waals surface area contributed by atoms with Gasteiger partial charge in [-0.2, -0.15) is 0 Å². The molecule has 20 heavy (non-hydrogen) atoms. The largest absolute Gasteiger partial charge is 0.364 e. The molecule has 0 bridgehead atoms. The molecular formula is C15H20N2OS2. The molecule has 1 amide bonds. The van der Waals surface area contributed by atoms with Crippen LogP contribution in [0, 0.1) is 0 Å². The van der Waals surface area contributed by atoms with Crippen LogP contribution in [-0.2, 0) is 4.79 Å². The molecule has 5 heteroatoms. The molecule has 108 valence electrons. The Balaban J connectivity index is 1.84. The summed E-state index contributed by atoms with van der Waals surface area (Å²) in [5, 5.41) is 3.43. The fraction of sp³-hybridized carbons (Fsp3) is 0.467. The van der Waals surface area contributed by atoms with E-state index in [0.717, 1.165) is 17.3 Å². The van der Waals surface area contributed by atoms with Crippen molar-refractivity contribution in [2.24, 2.45) is 0 Å². The van der Waals surface area contributed by atoms with Crippen molar-refractivity contribution in [1.29, 1.82) is 0 Å². The second-order valence-electron chi connectivity index (χ2n) is 4.97. The SMILES string of the molecule is CC(NC(=S)SC(C)N1CCCC1=O)c1ccccc1. The highest BCUT2D eigenvalue weighted by atomic mass is 32.2. The van der Waals surface area contributed by atoms with Gasteiger partial charge in [0.2, 0.25) is 5.91 Å². The monoisotopic (exact) mass is 308 g/mol. The van der Waals surface area contributed by atoms with Crippen molar-refractivity contribution in [3.05, 3.63) is 35.9 Å². The smallest absolute Gasteiger partial charge is 0.223 e. The summed E-state index contributed by atoms with van der Waals surface area (Å²) in [6, 6.07) is 10.4. The predicted molar refractivity (Wildman–Crippen MR) is 88.6 cm³/mol. The number of nitrogens with zero attached hydrogens (tertiary/aromatic N) is 1. The van der Waals surface area contributed by atoms with E-state index in [1.54, 1.807) is 11.8 Å². The average molecular weight is 308 g/mol. The minimum absolute atomic E-state index is 0.105. The van der Waals surface area contributed by atoms with E-state index in [2.05, 4.69) is 24.4 Å². The molecule has 0 aliphatic carbocycles. The quantitative estimate of drug-likeness (QED) is 0.865. The van der Waals surface area contributed by atoms with E-state index in [4.69, 9.17) is 12.2 Å². The van der Waals surface area contributed by atoms with Crippen molar-refractivity contribution in [3.8, 4) is 0 Å². The van der Waals surface area contributed by atoms with Gasteiger partial charge in [-0.3, -0.25) is 4.79 Å². The highest BCUT2D eigenvalue weighted by Crippen LogP contribution is 2.23. The minimum atomic E-state index is 0.105. The topological polar surface area (TPSA) is 32.3 Å². The Kier molecular flexibility index (Phi) is 5.43. The third-order valence-electron chi connectivity index (χ3n) is 3.46. The van der Waals surface area contributed by atoms with E-state index < -0.39 is 0 Å². The van der Waals surface area contributed by atoms with Gasteiger partial charge in [-0.1, -0.05) is 54.3 Å². The molecule has 1 fully saturated rings. The maximum absolute atomic E-state index is 11.7. The number of benzene rings is 1. The molecule has 0 saturated carbocycles. The van der Waals surface area contributed by atoms with Crippen LogP contribution >= 0.6 is 24.0 Å². The molecule has 1 saturated heterocycles. The third kappa shape index (κ3) is 3.96. The van der Waals surface area contributed by atoms with Crippen LogP contribution in [0.5, 0.6) is 0 Å². The lowest BCUT2D eigenvalue weighted by molar-refractivity contribution is -0.128. The van der Waals surface area contributed by atoms with E-state index in [1.807, 2.05) is 30.0 Å². The normalized spacial score (nSPS) is 17.9. The summed E-state index contributed by atoms with van der Waals surface area (Å²) in [5.41, 5.74) is 1.21. The Hall–Kier alpha value is -1.07. The van der Waals surface area contributed by atoms with Crippen molar-refractivity contribution >= 4 is 34.2 Å². The van der Waals surface area contributed by atoms with Gasteiger partial charge in [0.15, 0.2) is 0 Å². The molecule has 1 aromatic rings. The summed E-state index contributed by atoms with van der Waals surface area (Å²) < 4.78 is 0.744. The number of hydrogen-bond donors (Lipinski definition) is 1. The Morgan fingerprint density at radius 3 is 2.65 bits per heavy atom. The second kappa shape index (κ2) is 7.09. The molecule has 0 spiro atoms. The van der Waals surface area contributed by atoms with E-state index >= 15 is 0 Å². The van der Waals surface area contributed by atoms with Crippen molar-refractivity contribution in [1.82, 2.24) is 10.2 Å². The van der Waals surface area contributed by atoms with Crippen LogP contribution in [0.15, 0.2) is 30.3 Å². The molecule has 0 radical (unpaired) electrons. The van der Waals surface area contributed by atoms with E-state index in [9.17, 15) is 4.79 Å². The molecular weight excluding hydrogens is 288 g/mol. The molecule has 2 rings (SSSR count). The van der Waals surface area contributed by atoms with Gasteiger partial charge >= 0.3 is 0 Å². The first-order valence-electron chi connectivity index (χ1n) is 6.89. The highest BCUT2D eigenvalue weighted by Gasteiger charge is 2.26. The summed E-state index contributed by atoms with van der Waals surface area (Å²) in [7, 11) is 0. The van der Waals surface area contributed by atoms with Gasteiger partial charge < -0.3 is 10.2 Å². The van der Waals surface area contributed by atoms with Crippen LogP contribution in [-0.4, -0.2) is 27.0 Å². The van der Waals surface area contributed by atoms with Crippen LogP contribution < -0.4 is 5.32 Å². The Morgan fingerprint density at radius 1 is 1.35 bits per heavy atom. The molecule has 1 heterocycles. The van der Waals surface area contributed by atoms with Gasteiger partial charge in [0, 0.05) is 19.0 Å². The van der Waals surface area contributed by atoms with Crippen LogP contribution in [0.1, 0.15) is 38.3 Å². The number of thiocarbonyl (C=S) groups is 1. The molecule has 0 aromatic heterocycles. The molecule has 1 aromatic carbocycles. The summed E-state index contributed by atoms with van der Waals surface area (Å²) in [6.45, 7) is 4.98. The second-order valence-corrected chi connectivity index (χ2v) is 6.96. The van der Waals surface area contributed by atoms with Crippen LogP contribution in [0.4, 0.5) is 0 Å². The van der Waals surface area contributed by atoms with Crippen LogP contribution in [0.2, 0.25) is 0 Å². The van der Waals surface area contributed by atoms with Gasteiger partial charge in [0.1, 0.15) is 4.32 Å². The number of rotatable bonds is 4. The summed E-state index contributed by atoms with van der Waals surface area (Å²) >= 11 is 6.94. The molecule has 1 aliphatic heterocycles. The van der Waals surface area contributed by atoms with Crippen LogP contribution in [0.25, 0.3) is 0 Å². The maximum atomic E-state index is 11.7. The zero-order chi connectivity index (χ0) is 14.5. The van der Waals surface area contributed by atoms with Gasteiger partial charge in [-0.25, -0.2) is 0 Å². The predicted octanol–water partition coefficient (Wildman–Crippen LogP) is 3.32. The standard InChI is InChI=1S/C15H20N2OS2/c1-11(13-7-4-3-5-8-13)16-15(19)20-12(2)17-10-6-9-14(17)18/h3-5,7-8,11-12H,6,9-10H2,1-2H3,(H,16,19). The lowest BCUT2D eigenvalue weighted by Gasteiger charge is -2.25. The number of likely N-dealkylation sites (tertiary alicyclic amines) is 1. The maximum Gasteiger partial charge on any atom is 0.223 e. The molecule has 3 nitrogen and oxygen atoms in total. The van der Waals surface area contributed by atoms with E-state index in [1.165, 1.54) is 5.56 Å². The summed E-state index contributed by atoms with van der Waals surface area (Å²) in [4.78, 5) is 13.6. The van der Waals surface area contributed by atoms with E-state index in [-0.39, 0.29) is 17.3 Å². The zero-order valence-electron chi connectivity index (χ0n) is 11.8. The summed E-state index contributed by atoms with van der Waals surface area (Å²) in [6.07, 6.45) is 1.63. The zero-order valence-corrected chi connectivity index (χ0v) is 13.5. The average Bonchev–Trinajstić information content (AvgIpc) is 2.86. The van der Waals surface area contributed by atoms with E-state index in [0.29, 0.717) is 6.42 Å². The Labute approximate surface area is 130 Å². The number of nitrogens with one attached hydrogen (secondary N) is 1. The fourth-order valence-electron chi connectivity index (χ4n) is 2.31. The van der Waals surface area contributed by atoms with Gasteiger partial charge in [0.05, 0.1) is 5.37 Å². The van der Waals surface area contributed by atoms with Crippen LogP contribution in [0.3, 0.4) is 0 Å². The summed E-state index contributed by atoms with van der Waals surface area (Å²) in [5.74, 6) is 0.240. The van der Waals surface area contributed by atoms with Gasteiger partial charge in [-0.15, -0.1) is 0 Å². The number of carbonyl (C=O) groups excluding carboxylic acids is 1. The molecule has 1 aliphatic rings.